The number of sulfonamides is 1. The Hall–Kier alpha value is -4.64. The average Bonchev–Trinajstić information content (AvgIpc) is 3.94. The maximum atomic E-state index is 14.3. The minimum Gasteiger partial charge on any atom is -0.497 e. The molecule has 0 radical (unpaired) electrons. The van der Waals surface area contributed by atoms with Crippen LogP contribution in [0.4, 0.5) is 9.59 Å². The Morgan fingerprint density at radius 3 is 2.40 bits per heavy atom. The van der Waals surface area contributed by atoms with E-state index in [2.05, 4.69) is 27.2 Å². The summed E-state index contributed by atoms with van der Waals surface area (Å²) in [6.07, 6.45) is 2.33. The zero-order valence-electron chi connectivity index (χ0n) is 31.0. The number of carbonyl (C=O) groups excluding carboxylic acids is 4. The molecule has 288 valence electrons. The van der Waals surface area contributed by atoms with Crippen molar-refractivity contribution in [2.45, 2.75) is 101 Å². The van der Waals surface area contributed by atoms with Crippen molar-refractivity contribution in [2.75, 3.05) is 13.7 Å². The number of ether oxygens (including phenoxy) is 2. The van der Waals surface area contributed by atoms with Crippen molar-refractivity contribution in [3.8, 4) is 16.2 Å². The number of amides is 5. The molecule has 2 saturated carbocycles. The lowest BCUT2D eigenvalue weighted by atomic mass is 10.1. The van der Waals surface area contributed by atoms with Gasteiger partial charge in [0.25, 0.3) is 5.91 Å². The lowest BCUT2D eigenvalue weighted by Crippen LogP contribution is -2.63. The summed E-state index contributed by atoms with van der Waals surface area (Å²) in [6.45, 7) is 13.8. The molecule has 2 aliphatic carbocycles. The number of methoxy groups -OCH3 is 1. The van der Waals surface area contributed by atoms with Crippen molar-refractivity contribution in [2.24, 2.45) is 11.1 Å². The third kappa shape index (κ3) is 9.30. The van der Waals surface area contributed by atoms with Gasteiger partial charge in [-0.05, 0) is 90.5 Å². The first-order chi connectivity index (χ1) is 24.8. The first kappa shape index (κ1) is 39.6. The molecular formula is C36H48N6O9S2. The van der Waals surface area contributed by atoms with Gasteiger partial charge in [-0.1, -0.05) is 17.3 Å². The highest BCUT2D eigenvalue weighted by molar-refractivity contribution is 7.91. The largest absolute Gasteiger partial charge is 0.497 e. The maximum Gasteiger partial charge on any atom is 0.426 e. The smallest absolute Gasteiger partial charge is 0.426 e. The van der Waals surface area contributed by atoms with E-state index in [0.29, 0.717) is 24.2 Å². The summed E-state index contributed by atoms with van der Waals surface area (Å²) in [5.74, 6) is -1.50. The van der Waals surface area contributed by atoms with Crippen molar-refractivity contribution < 1.29 is 41.9 Å². The number of hydrogen-bond donors (Lipinski definition) is 3. The van der Waals surface area contributed by atoms with E-state index < -0.39 is 74.0 Å². The molecule has 3 fully saturated rings. The Kier molecular flexibility index (Phi) is 11.2. The maximum absolute atomic E-state index is 14.3. The van der Waals surface area contributed by atoms with E-state index in [0.717, 1.165) is 15.4 Å². The quantitative estimate of drug-likeness (QED) is 0.168. The molecule has 5 rings (SSSR count). The number of benzene rings is 1. The Bertz CT molecular complexity index is 1870. The van der Waals surface area contributed by atoms with Crippen LogP contribution in [0.5, 0.6) is 5.75 Å². The Morgan fingerprint density at radius 2 is 1.83 bits per heavy atom. The highest BCUT2D eigenvalue weighted by atomic mass is 32.2. The molecule has 1 aromatic carbocycles. The molecule has 0 bridgehead atoms. The second-order valence-electron chi connectivity index (χ2n) is 15.4. The van der Waals surface area contributed by atoms with Gasteiger partial charge in [-0.25, -0.2) is 28.4 Å². The SMILES string of the molecule is C=C[C@@H]1CC1(NC(=O)[C@@H]1CC(O/N=C/c2cc(OC)ccc2-c2cccs2)CN1C(=O)N(NC(=O)OC(C)(C)C)C(C)(C)C)C(=O)NS(=O)(=O)C1CC1. The van der Waals surface area contributed by atoms with Crippen molar-refractivity contribution in [1.29, 1.82) is 0 Å². The topological polar surface area (TPSA) is 185 Å². The van der Waals surface area contributed by atoms with Gasteiger partial charge in [-0.3, -0.25) is 14.3 Å². The van der Waals surface area contributed by atoms with Gasteiger partial charge in [0.15, 0.2) is 0 Å². The molecule has 3 aliphatic rings. The van der Waals surface area contributed by atoms with Gasteiger partial charge in [0.2, 0.25) is 15.9 Å². The number of urea groups is 1. The van der Waals surface area contributed by atoms with E-state index in [1.165, 1.54) is 17.2 Å². The fourth-order valence-electron chi connectivity index (χ4n) is 5.98. The van der Waals surface area contributed by atoms with Crippen LogP contribution in [0, 0.1) is 5.92 Å². The number of nitrogens with zero attached hydrogens (tertiary/aromatic N) is 3. The number of thiophene rings is 1. The van der Waals surface area contributed by atoms with Crippen molar-refractivity contribution >= 4 is 51.5 Å². The number of carbonyl (C=O) groups is 4. The number of oxime groups is 1. The molecule has 2 heterocycles. The molecule has 5 amide bonds. The van der Waals surface area contributed by atoms with Crippen LogP contribution in [0.25, 0.3) is 10.4 Å². The van der Waals surface area contributed by atoms with E-state index in [1.54, 1.807) is 60.0 Å². The number of hydrazine groups is 1. The van der Waals surface area contributed by atoms with Crippen molar-refractivity contribution in [3.63, 3.8) is 0 Å². The lowest BCUT2D eigenvalue weighted by molar-refractivity contribution is -0.131. The number of hydrogen-bond acceptors (Lipinski definition) is 11. The zero-order chi connectivity index (χ0) is 38.9. The molecule has 53 heavy (non-hydrogen) atoms. The predicted octanol–water partition coefficient (Wildman–Crippen LogP) is 4.55. The van der Waals surface area contributed by atoms with Crippen LogP contribution < -0.4 is 20.2 Å². The molecule has 3 N–H and O–H groups in total. The van der Waals surface area contributed by atoms with E-state index in [4.69, 9.17) is 14.3 Å². The molecule has 2 aromatic rings. The molecular weight excluding hydrogens is 725 g/mol. The Balaban J connectivity index is 1.41. The van der Waals surface area contributed by atoms with Gasteiger partial charge in [-0.15, -0.1) is 17.9 Å². The van der Waals surface area contributed by atoms with Gasteiger partial charge in [0, 0.05) is 28.3 Å². The van der Waals surface area contributed by atoms with E-state index in [1.807, 2.05) is 35.7 Å². The molecule has 2 unspecified atom stereocenters. The van der Waals surface area contributed by atoms with Crippen LogP contribution in [0.15, 0.2) is 53.5 Å². The van der Waals surface area contributed by atoms with Crippen LogP contribution in [0.3, 0.4) is 0 Å². The van der Waals surface area contributed by atoms with Gasteiger partial charge in [0.05, 0.1) is 30.7 Å². The number of nitrogens with one attached hydrogen (secondary N) is 3. The second-order valence-corrected chi connectivity index (χ2v) is 18.3. The normalized spacial score (nSPS) is 22.8. The highest BCUT2D eigenvalue weighted by Crippen LogP contribution is 2.45. The summed E-state index contributed by atoms with van der Waals surface area (Å²) in [5.41, 5.74) is 0.716. The molecule has 17 heteroatoms. The fourth-order valence-corrected chi connectivity index (χ4v) is 8.12. The zero-order valence-corrected chi connectivity index (χ0v) is 32.6. The molecule has 15 nitrogen and oxygen atoms in total. The average molecular weight is 773 g/mol. The van der Waals surface area contributed by atoms with E-state index in [-0.39, 0.29) is 19.4 Å². The van der Waals surface area contributed by atoms with Gasteiger partial charge < -0.3 is 24.5 Å². The Morgan fingerprint density at radius 1 is 1.11 bits per heavy atom. The van der Waals surface area contributed by atoms with Crippen LogP contribution in [0.2, 0.25) is 0 Å². The van der Waals surface area contributed by atoms with Gasteiger partial charge >= 0.3 is 12.1 Å². The molecule has 1 saturated heterocycles. The highest BCUT2D eigenvalue weighted by Gasteiger charge is 2.62. The molecule has 1 aromatic heterocycles. The van der Waals surface area contributed by atoms with E-state index >= 15 is 0 Å². The van der Waals surface area contributed by atoms with Gasteiger partial charge in [0.1, 0.15) is 29.0 Å². The van der Waals surface area contributed by atoms with Crippen molar-refractivity contribution in [3.05, 3.63) is 53.9 Å². The standard InChI is InChI=1S/C36H48N6O9S2/c1-9-23-19-36(23,31(44)40-53(47,48)26-13-14-26)38-30(43)28-18-25(21-41(28)33(46)42(34(2,3)4)39-32(45)50-35(5,6)7)51-37-20-22-17-24(49-8)12-15-27(22)29-11-10-16-52-29/h9-12,15-17,20,23,25-26,28H,1,13-14,18-19,21H2,2-8H3,(H,38,43)(H,39,45)(H,40,44)/b37-20+/t23-,25?,28+,36?/m1/s1. The Labute approximate surface area is 314 Å². The summed E-state index contributed by atoms with van der Waals surface area (Å²) in [4.78, 5) is 62.9. The second kappa shape index (κ2) is 15.0. The molecule has 0 spiro atoms. The monoisotopic (exact) mass is 772 g/mol. The summed E-state index contributed by atoms with van der Waals surface area (Å²) >= 11 is 1.56. The van der Waals surface area contributed by atoms with Crippen LogP contribution in [-0.4, -0.2) is 96.2 Å². The summed E-state index contributed by atoms with van der Waals surface area (Å²) in [5, 5.41) is 9.38. The fraction of sp³-hybridized carbons (Fsp3) is 0.528. The van der Waals surface area contributed by atoms with Crippen LogP contribution in [0.1, 0.15) is 72.8 Å². The van der Waals surface area contributed by atoms with Crippen LogP contribution in [-0.2, 0) is 29.2 Å². The third-order valence-electron chi connectivity index (χ3n) is 8.97. The first-order valence-electron chi connectivity index (χ1n) is 17.3. The predicted molar refractivity (Wildman–Crippen MR) is 200 cm³/mol. The summed E-state index contributed by atoms with van der Waals surface area (Å²) in [6, 6.07) is 7.54. The number of likely N-dealkylation sites (tertiary alicyclic amines) is 1. The van der Waals surface area contributed by atoms with Crippen LogP contribution >= 0.6 is 11.3 Å². The molecule has 4 atom stereocenters. The van der Waals surface area contributed by atoms with Gasteiger partial charge in [-0.2, -0.15) is 0 Å². The number of rotatable bonds is 11. The minimum absolute atomic E-state index is 0.0357. The summed E-state index contributed by atoms with van der Waals surface area (Å²) in [7, 11) is -2.35. The molecule has 1 aliphatic heterocycles. The third-order valence-corrected chi connectivity index (χ3v) is 11.7. The first-order valence-corrected chi connectivity index (χ1v) is 19.7. The minimum atomic E-state index is -3.91. The van der Waals surface area contributed by atoms with E-state index in [9.17, 15) is 27.6 Å². The summed E-state index contributed by atoms with van der Waals surface area (Å²) < 4.78 is 38.3. The van der Waals surface area contributed by atoms with Crippen molar-refractivity contribution in [1.82, 2.24) is 25.4 Å². The lowest BCUT2D eigenvalue weighted by Gasteiger charge is -2.39.